The Balaban J connectivity index is 1.36. The number of aliphatic imine (C=N–C) groups is 1. The van der Waals surface area contributed by atoms with Crippen LogP contribution in [0.3, 0.4) is 0 Å². The molecule has 30 heavy (non-hydrogen) atoms. The molecule has 1 aromatic heterocycles. The first-order chi connectivity index (χ1) is 14.5. The van der Waals surface area contributed by atoms with E-state index in [4.69, 9.17) is 10.5 Å². The number of nitrogens with zero attached hydrogens (tertiary/aromatic N) is 1. The van der Waals surface area contributed by atoms with Gasteiger partial charge in [0.25, 0.3) is 0 Å². The number of thiophene rings is 1. The third-order valence-electron chi connectivity index (χ3n) is 4.59. The molecule has 0 spiro atoms. The number of nitrogens with one attached hydrogen (secondary N) is 1. The molecule has 1 aromatic carbocycles. The van der Waals surface area contributed by atoms with Gasteiger partial charge in [0.2, 0.25) is 0 Å². The minimum absolute atomic E-state index is 0.160. The molecule has 4 N–H and O–H groups in total. The number of alkyl carbamates (subject to hydrolysis) is 1. The molecule has 0 radical (unpaired) electrons. The summed E-state index contributed by atoms with van der Waals surface area (Å²) in [6.45, 7) is 0.834. The van der Waals surface area contributed by atoms with Crippen LogP contribution in [0.5, 0.6) is 0 Å². The van der Waals surface area contributed by atoms with Gasteiger partial charge in [0.05, 0.1) is 10.6 Å². The summed E-state index contributed by atoms with van der Waals surface area (Å²) in [5, 5.41) is 12.0. The number of fused-ring (bicyclic) bond motifs is 1. The van der Waals surface area contributed by atoms with Crippen LogP contribution in [-0.2, 0) is 22.6 Å². The number of hydrogen-bond acceptors (Lipinski definition) is 6. The molecule has 3 rings (SSSR count). The summed E-state index contributed by atoms with van der Waals surface area (Å²) in [5.41, 5.74) is 7.78. The Morgan fingerprint density at radius 1 is 1.20 bits per heavy atom. The van der Waals surface area contributed by atoms with Crippen LogP contribution in [0, 0.1) is 0 Å². The number of aliphatic carboxylic acids is 1. The highest BCUT2D eigenvalue weighted by Crippen LogP contribution is 2.35. The topological polar surface area (TPSA) is 114 Å². The van der Waals surface area contributed by atoms with Gasteiger partial charge in [-0.15, -0.1) is 11.3 Å². The predicted octanol–water partition coefficient (Wildman–Crippen LogP) is 4.25. The number of ether oxygens (including phenoxy) is 1. The molecule has 8 heteroatoms. The van der Waals surface area contributed by atoms with E-state index >= 15 is 0 Å². The van der Waals surface area contributed by atoms with Gasteiger partial charge in [-0.3, -0.25) is 0 Å². The van der Waals surface area contributed by atoms with Crippen LogP contribution in [0.25, 0.3) is 6.08 Å². The number of carboxylic acid groups (broad SMARTS) is 1. The van der Waals surface area contributed by atoms with E-state index in [2.05, 4.69) is 10.3 Å². The number of carbonyl (C=O) groups excluding carboxylic acids is 1. The van der Waals surface area contributed by atoms with Gasteiger partial charge in [0.1, 0.15) is 12.4 Å². The largest absolute Gasteiger partial charge is 0.478 e. The molecule has 1 amide bonds. The summed E-state index contributed by atoms with van der Waals surface area (Å²) >= 11 is 1.55. The molecule has 2 aromatic rings. The first-order valence-corrected chi connectivity index (χ1v) is 10.7. The average molecular weight is 428 g/mol. The van der Waals surface area contributed by atoms with Gasteiger partial charge in [0.15, 0.2) is 0 Å². The van der Waals surface area contributed by atoms with Crippen molar-refractivity contribution in [2.75, 3.05) is 6.54 Å². The number of unbranched alkanes of at least 4 members (excludes halogenated alkanes) is 2. The average Bonchev–Trinajstić information content (AvgIpc) is 3.02. The Bertz CT molecular complexity index is 951. The molecule has 0 atom stereocenters. The zero-order valence-electron chi connectivity index (χ0n) is 16.6. The highest BCUT2D eigenvalue weighted by Gasteiger charge is 2.17. The Morgan fingerprint density at radius 3 is 2.77 bits per heavy atom. The molecule has 0 saturated heterocycles. The lowest BCUT2D eigenvalue weighted by Gasteiger charge is -2.07. The SMILES string of the molecule is NC1=Nc2cc(CCCCCNC(=O)OCc3ccccc3)sc2C=C(C(=O)O)C1. The fourth-order valence-corrected chi connectivity index (χ4v) is 4.17. The van der Waals surface area contributed by atoms with E-state index in [9.17, 15) is 14.7 Å². The number of carboxylic acids is 1. The number of amidine groups is 1. The standard InChI is InChI=1S/C22H25N3O4S/c23-20-12-16(21(26)27)11-19-18(25-20)13-17(30-19)9-5-2-6-10-24-22(28)29-14-15-7-3-1-4-8-15/h1,3-4,7-8,11,13H,2,5-6,9-10,12,14H2,(H2,23,25)(H,24,28)(H,26,27). The third kappa shape index (κ3) is 6.45. The van der Waals surface area contributed by atoms with Gasteiger partial charge in [-0.2, -0.15) is 0 Å². The second-order valence-electron chi connectivity index (χ2n) is 7.02. The van der Waals surface area contributed by atoms with Crippen molar-refractivity contribution in [3.05, 3.63) is 57.3 Å². The number of benzene rings is 1. The first-order valence-electron chi connectivity index (χ1n) is 9.85. The molecular weight excluding hydrogens is 402 g/mol. The van der Waals surface area contributed by atoms with Crippen LogP contribution in [0.4, 0.5) is 10.5 Å². The lowest BCUT2D eigenvalue weighted by Crippen LogP contribution is -2.25. The number of carbonyl (C=O) groups is 2. The van der Waals surface area contributed by atoms with Gasteiger partial charge in [-0.05, 0) is 37.0 Å². The maximum atomic E-state index is 11.7. The second kappa shape index (κ2) is 10.6. The highest BCUT2D eigenvalue weighted by molar-refractivity contribution is 7.13. The lowest BCUT2D eigenvalue weighted by atomic mass is 10.1. The van der Waals surface area contributed by atoms with Gasteiger partial charge in [-0.1, -0.05) is 36.8 Å². The van der Waals surface area contributed by atoms with Gasteiger partial charge < -0.3 is 20.9 Å². The Labute approximate surface area is 179 Å². The normalized spacial score (nSPS) is 12.9. The minimum atomic E-state index is -0.967. The molecule has 0 aliphatic carbocycles. The maximum Gasteiger partial charge on any atom is 0.407 e. The van der Waals surface area contributed by atoms with Crippen molar-refractivity contribution in [3.8, 4) is 0 Å². The zero-order chi connectivity index (χ0) is 21.3. The molecule has 2 heterocycles. The first kappa shape index (κ1) is 21.6. The summed E-state index contributed by atoms with van der Waals surface area (Å²) in [5.74, 6) is -0.650. The van der Waals surface area contributed by atoms with Crippen molar-refractivity contribution in [2.45, 2.75) is 38.7 Å². The van der Waals surface area contributed by atoms with Gasteiger partial charge in [-0.25, -0.2) is 14.6 Å². The molecule has 0 unspecified atom stereocenters. The molecule has 0 bridgehead atoms. The summed E-state index contributed by atoms with van der Waals surface area (Å²) < 4.78 is 5.18. The number of amides is 1. The van der Waals surface area contributed by atoms with Crippen LogP contribution in [0.15, 0.2) is 47.0 Å². The summed E-state index contributed by atoms with van der Waals surface area (Å²) in [6.07, 6.45) is 5.09. The summed E-state index contributed by atoms with van der Waals surface area (Å²) in [4.78, 5) is 29.3. The van der Waals surface area contributed by atoms with Crippen LogP contribution in [0.1, 0.15) is 41.0 Å². The Kier molecular flexibility index (Phi) is 7.62. The van der Waals surface area contributed by atoms with Crippen molar-refractivity contribution < 1.29 is 19.4 Å². The maximum absolute atomic E-state index is 11.7. The van der Waals surface area contributed by atoms with Crippen LogP contribution in [-0.4, -0.2) is 29.5 Å². The van der Waals surface area contributed by atoms with Crippen molar-refractivity contribution in [1.82, 2.24) is 5.32 Å². The quantitative estimate of drug-likeness (QED) is 0.518. The van der Waals surface area contributed by atoms with Gasteiger partial charge >= 0.3 is 12.1 Å². The predicted molar refractivity (Wildman–Crippen MR) is 118 cm³/mol. The minimum Gasteiger partial charge on any atom is -0.478 e. The highest BCUT2D eigenvalue weighted by atomic mass is 32.1. The molecule has 0 saturated carbocycles. The molecular formula is C22H25N3O4S. The fraction of sp³-hybridized carbons (Fsp3) is 0.318. The summed E-state index contributed by atoms with van der Waals surface area (Å²) in [7, 11) is 0. The van der Waals surface area contributed by atoms with Gasteiger partial charge in [0, 0.05) is 23.4 Å². The number of rotatable bonds is 9. The van der Waals surface area contributed by atoms with Crippen molar-refractivity contribution in [1.29, 1.82) is 0 Å². The van der Waals surface area contributed by atoms with E-state index in [1.807, 2.05) is 36.4 Å². The molecule has 1 aliphatic rings. The van der Waals surface area contributed by atoms with Crippen molar-refractivity contribution in [2.24, 2.45) is 10.7 Å². The van der Waals surface area contributed by atoms with Crippen LogP contribution < -0.4 is 11.1 Å². The molecule has 0 fully saturated rings. The van der Waals surface area contributed by atoms with E-state index in [1.165, 1.54) is 0 Å². The molecule has 158 valence electrons. The van der Waals surface area contributed by atoms with Crippen LogP contribution >= 0.6 is 11.3 Å². The second-order valence-corrected chi connectivity index (χ2v) is 8.18. The number of nitrogens with two attached hydrogens (primary N) is 1. The van der Waals surface area contributed by atoms with Crippen molar-refractivity contribution >= 4 is 41.0 Å². The summed E-state index contributed by atoms with van der Waals surface area (Å²) in [6, 6.07) is 11.5. The van der Waals surface area contributed by atoms with E-state index in [0.29, 0.717) is 12.4 Å². The monoisotopic (exact) mass is 427 g/mol. The third-order valence-corrected chi connectivity index (χ3v) is 5.72. The number of aryl methyl sites for hydroxylation is 1. The molecule has 1 aliphatic heterocycles. The zero-order valence-corrected chi connectivity index (χ0v) is 17.4. The molecule has 7 nitrogen and oxygen atoms in total. The fourth-order valence-electron chi connectivity index (χ4n) is 3.06. The van der Waals surface area contributed by atoms with E-state index in [-0.39, 0.29) is 18.6 Å². The Morgan fingerprint density at radius 2 is 2.00 bits per heavy atom. The number of hydrogen-bond donors (Lipinski definition) is 3. The van der Waals surface area contributed by atoms with Crippen LogP contribution in [0.2, 0.25) is 0 Å². The van der Waals surface area contributed by atoms with E-state index in [0.717, 1.165) is 46.7 Å². The lowest BCUT2D eigenvalue weighted by molar-refractivity contribution is -0.132. The van der Waals surface area contributed by atoms with E-state index < -0.39 is 12.1 Å². The Hall–Kier alpha value is -3.13. The van der Waals surface area contributed by atoms with E-state index in [1.54, 1.807) is 17.4 Å². The smallest absolute Gasteiger partial charge is 0.407 e. The van der Waals surface area contributed by atoms with Crippen molar-refractivity contribution in [3.63, 3.8) is 0 Å².